The number of aromatic nitrogens is 1. The summed E-state index contributed by atoms with van der Waals surface area (Å²) in [7, 11) is 1.71. The number of hydrogen-bond acceptors (Lipinski definition) is 5. The van der Waals surface area contributed by atoms with Gasteiger partial charge in [-0.05, 0) is 56.6 Å². The molecule has 3 rings (SSSR count). The van der Waals surface area contributed by atoms with Gasteiger partial charge in [0.2, 0.25) is 11.8 Å². The number of benzene rings is 1. The van der Waals surface area contributed by atoms with E-state index in [0.717, 1.165) is 37.2 Å². The van der Waals surface area contributed by atoms with Crippen LogP contribution in [0, 0.1) is 6.92 Å². The number of hydrogen-bond donors (Lipinski definition) is 2. The van der Waals surface area contributed by atoms with E-state index in [1.807, 2.05) is 36.1 Å². The molecule has 3 amide bonds. The molecule has 8 nitrogen and oxygen atoms in total. The molecular formula is C23H29N5O3. The average Bonchev–Trinajstić information content (AvgIpc) is 3.27. The molecule has 1 saturated heterocycles. The molecule has 1 aliphatic rings. The summed E-state index contributed by atoms with van der Waals surface area (Å²) in [5.74, 6) is 0.149. The van der Waals surface area contributed by atoms with Crippen molar-refractivity contribution in [1.29, 1.82) is 0 Å². The number of likely N-dealkylation sites (N-methyl/N-ethyl adjacent to an activating group) is 1. The minimum absolute atomic E-state index is 0.0638. The second-order valence-electron chi connectivity index (χ2n) is 7.86. The van der Waals surface area contributed by atoms with E-state index in [1.54, 1.807) is 30.1 Å². The molecule has 0 atom stereocenters. The van der Waals surface area contributed by atoms with Crippen molar-refractivity contribution in [2.75, 3.05) is 38.5 Å². The Morgan fingerprint density at radius 2 is 1.68 bits per heavy atom. The van der Waals surface area contributed by atoms with Crippen molar-refractivity contribution in [1.82, 2.24) is 20.1 Å². The number of anilines is 1. The van der Waals surface area contributed by atoms with Gasteiger partial charge >= 0.3 is 0 Å². The second-order valence-corrected chi connectivity index (χ2v) is 7.86. The zero-order valence-electron chi connectivity index (χ0n) is 18.1. The van der Waals surface area contributed by atoms with E-state index >= 15 is 0 Å². The monoisotopic (exact) mass is 423 g/mol. The van der Waals surface area contributed by atoms with E-state index in [0.29, 0.717) is 17.9 Å². The molecule has 0 spiro atoms. The molecule has 1 aliphatic heterocycles. The Kier molecular flexibility index (Phi) is 7.72. The summed E-state index contributed by atoms with van der Waals surface area (Å²) < 4.78 is 0. The summed E-state index contributed by atoms with van der Waals surface area (Å²) >= 11 is 0. The highest BCUT2D eigenvalue weighted by molar-refractivity contribution is 5.94. The standard InChI is InChI=1S/C23H29N5O3/c1-17-6-5-7-20(25-17)26-22(30)16-27(2)15-21(29)24-14-18-8-10-19(11-9-18)23(31)28-12-3-4-13-28/h5-11H,3-4,12-16H2,1-2H3,(H,24,29)(H,25,26,30). The van der Waals surface area contributed by atoms with Crippen LogP contribution in [0.1, 0.15) is 34.5 Å². The van der Waals surface area contributed by atoms with E-state index in [4.69, 9.17) is 0 Å². The lowest BCUT2D eigenvalue weighted by molar-refractivity contribution is -0.123. The molecule has 1 aromatic carbocycles. The number of carbonyl (C=O) groups excluding carboxylic acids is 3. The molecule has 1 aromatic heterocycles. The molecule has 0 aliphatic carbocycles. The average molecular weight is 424 g/mol. The zero-order valence-corrected chi connectivity index (χ0v) is 18.1. The molecule has 2 N–H and O–H groups in total. The summed E-state index contributed by atoms with van der Waals surface area (Å²) in [5, 5.41) is 5.57. The van der Waals surface area contributed by atoms with Gasteiger partial charge in [-0.1, -0.05) is 18.2 Å². The van der Waals surface area contributed by atoms with Gasteiger partial charge in [-0.2, -0.15) is 0 Å². The smallest absolute Gasteiger partial charge is 0.253 e. The first-order valence-electron chi connectivity index (χ1n) is 10.5. The number of nitrogens with zero attached hydrogens (tertiary/aromatic N) is 3. The second kappa shape index (κ2) is 10.7. The van der Waals surface area contributed by atoms with Crippen LogP contribution in [-0.2, 0) is 16.1 Å². The number of rotatable bonds is 8. The highest BCUT2D eigenvalue weighted by atomic mass is 16.2. The fraction of sp³-hybridized carbons (Fsp3) is 0.391. The van der Waals surface area contributed by atoms with Crippen LogP contribution in [0.25, 0.3) is 0 Å². The van der Waals surface area contributed by atoms with Crippen LogP contribution < -0.4 is 10.6 Å². The predicted molar refractivity (Wildman–Crippen MR) is 119 cm³/mol. The molecule has 8 heteroatoms. The van der Waals surface area contributed by atoms with Crippen molar-refractivity contribution in [3.05, 3.63) is 59.3 Å². The van der Waals surface area contributed by atoms with E-state index in [9.17, 15) is 14.4 Å². The molecule has 2 aromatic rings. The van der Waals surface area contributed by atoms with Crippen molar-refractivity contribution >= 4 is 23.5 Å². The summed E-state index contributed by atoms with van der Waals surface area (Å²) in [4.78, 5) is 44.4. The van der Waals surface area contributed by atoms with Gasteiger partial charge in [-0.3, -0.25) is 19.3 Å². The number of pyridine rings is 1. The highest BCUT2D eigenvalue weighted by Crippen LogP contribution is 2.13. The lowest BCUT2D eigenvalue weighted by Gasteiger charge is -2.16. The summed E-state index contributed by atoms with van der Waals surface area (Å²) in [6.07, 6.45) is 2.13. The van der Waals surface area contributed by atoms with Crippen LogP contribution in [0.15, 0.2) is 42.5 Å². The van der Waals surface area contributed by atoms with Gasteiger partial charge in [0.05, 0.1) is 13.1 Å². The number of nitrogens with one attached hydrogen (secondary N) is 2. The molecule has 0 radical (unpaired) electrons. The number of aryl methyl sites for hydroxylation is 1. The number of likely N-dealkylation sites (tertiary alicyclic amines) is 1. The van der Waals surface area contributed by atoms with Gasteiger partial charge < -0.3 is 15.5 Å². The third-order valence-corrected chi connectivity index (χ3v) is 5.07. The first-order chi connectivity index (χ1) is 14.9. The minimum Gasteiger partial charge on any atom is -0.351 e. The molecule has 2 heterocycles. The van der Waals surface area contributed by atoms with Gasteiger partial charge in [0, 0.05) is 30.9 Å². The van der Waals surface area contributed by atoms with Crippen LogP contribution in [0.5, 0.6) is 0 Å². The topological polar surface area (TPSA) is 94.6 Å². The van der Waals surface area contributed by atoms with E-state index in [1.165, 1.54) is 0 Å². The van der Waals surface area contributed by atoms with Crippen LogP contribution in [0.2, 0.25) is 0 Å². The normalized spacial score (nSPS) is 13.3. The molecule has 1 fully saturated rings. The molecular weight excluding hydrogens is 394 g/mol. The maximum atomic E-state index is 12.4. The Balaban J connectivity index is 1.40. The molecule has 31 heavy (non-hydrogen) atoms. The van der Waals surface area contributed by atoms with Crippen molar-refractivity contribution < 1.29 is 14.4 Å². The van der Waals surface area contributed by atoms with E-state index in [-0.39, 0.29) is 30.8 Å². The van der Waals surface area contributed by atoms with E-state index < -0.39 is 0 Å². The molecule has 0 bridgehead atoms. The molecule has 164 valence electrons. The van der Waals surface area contributed by atoms with Gasteiger partial charge in [0.25, 0.3) is 5.91 Å². The first kappa shape index (κ1) is 22.4. The maximum absolute atomic E-state index is 12.4. The highest BCUT2D eigenvalue weighted by Gasteiger charge is 2.19. The lowest BCUT2D eigenvalue weighted by atomic mass is 10.1. The maximum Gasteiger partial charge on any atom is 0.253 e. The van der Waals surface area contributed by atoms with Crippen LogP contribution in [-0.4, -0.2) is 65.7 Å². The third-order valence-electron chi connectivity index (χ3n) is 5.07. The lowest BCUT2D eigenvalue weighted by Crippen LogP contribution is -2.38. The fourth-order valence-corrected chi connectivity index (χ4v) is 3.47. The predicted octanol–water partition coefficient (Wildman–Crippen LogP) is 1.81. The van der Waals surface area contributed by atoms with Gasteiger partial charge in [-0.25, -0.2) is 4.98 Å². The number of carbonyl (C=O) groups is 3. The van der Waals surface area contributed by atoms with Gasteiger partial charge in [-0.15, -0.1) is 0 Å². The van der Waals surface area contributed by atoms with Crippen molar-refractivity contribution in [2.24, 2.45) is 0 Å². The Bertz CT molecular complexity index is 923. The van der Waals surface area contributed by atoms with Crippen LogP contribution in [0.3, 0.4) is 0 Å². The number of amides is 3. The van der Waals surface area contributed by atoms with Crippen LogP contribution >= 0.6 is 0 Å². The minimum atomic E-state index is -0.230. The van der Waals surface area contributed by atoms with Crippen molar-refractivity contribution in [2.45, 2.75) is 26.3 Å². The molecule has 0 unspecified atom stereocenters. The summed E-state index contributed by atoms with van der Waals surface area (Å²) in [6, 6.07) is 12.7. The quantitative estimate of drug-likeness (QED) is 0.675. The third kappa shape index (κ3) is 6.89. The zero-order chi connectivity index (χ0) is 22.2. The Labute approximate surface area is 182 Å². The van der Waals surface area contributed by atoms with Crippen molar-refractivity contribution in [3.63, 3.8) is 0 Å². The van der Waals surface area contributed by atoms with Crippen LogP contribution in [0.4, 0.5) is 5.82 Å². The first-order valence-corrected chi connectivity index (χ1v) is 10.5. The van der Waals surface area contributed by atoms with Gasteiger partial charge in [0.1, 0.15) is 5.82 Å². The Morgan fingerprint density at radius 3 is 2.35 bits per heavy atom. The van der Waals surface area contributed by atoms with E-state index in [2.05, 4.69) is 15.6 Å². The largest absolute Gasteiger partial charge is 0.351 e. The van der Waals surface area contributed by atoms with Gasteiger partial charge in [0.15, 0.2) is 0 Å². The van der Waals surface area contributed by atoms with Crippen molar-refractivity contribution in [3.8, 4) is 0 Å². The fourth-order valence-electron chi connectivity index (χ4n) is 3.47. The SMILES string of the molecule is Cc1cccc(NC(=O)CN(C)CC(=O)NCc2ccc(C(=O)N3CCCC3)cc2)n1. The molecule has 0 saturated carbocycles. The Morgan fingerprint density at radius 1 is 1.00 bits per heavy atom. The Hall–Kier alpha value is -3.26. The summed E-state index contributed by atoms with van der Waals surface area (Å²) in [5.41, 5.74) is 2.40. The summed E-state index contributed by atoms with van der Waals surface area (Å²) in [6.45, 7) is 4.04.